The smallest absolute Gasteiger partial charge is 0.261 e. The lowest BCUT2D eigenvalue weighted by atomic mass is 10.3. The summed E-state index contributed by atoms with van der Waals surface area (Å²) >= 11 is 1.53. The van der Waals surface area contributed by atoms with Crippen LogP contribution in [-0.4, -0.2) is 27.2 Å². The predicted octanol–water partition coefficient (Wildman–Crippen LogP) is 2.07. The van der Waals surface area contributed by atoms with Gasteiger partial charge in [-0.2, -0.15) is 0 Å². The summed E-state index contributed by atoms with van der Waals surface area (Å²) in [5.41, 5.74) is 5.47. The Balaban J connectivity index is 2.14. The summed E-state index contributed by atoms with van der Waals surface area (Å²) in [7, 11) is -3.69. The quantitative estimate of drug-likeness (QED) is 0.743. The fraction of sp³-hybridized carbons (Fsp3) is 0.133. The topological polar surface area (TPSA) is 98.5 Å². The van der Waals surface area contributed by atoms with Crippen molar-refractivity contribution >= 4 is 33.4 Å². The second-order valence-corrected chi connectivity index (χ2v) is 7.13. The van der Waals surface area contributed by atoms with Crippen LogP contribution in [0.5, 0.6) is 5.75 Å². The van der Waals surface area contributed by atoms with Gasteiger partial charge in [0.05, 0.1) is 4.90 Å². The van der Waals surface area contributed by atoms with E-state index in [1.165, 1.54) is 36.0 Å². The monoisotopic (exact) mass is 352 g/mol. The van der Waals surface area contributed by atoms with Gasteiger partial charge in [-0.05, 0) is 48.7 Å². The Hall–Kier alpha value is -2.19. The number of amides is 1. The first-order chi connectivity index (χ1) is 10.9. The Kier molecular flexibility index (Phi) is 5.51. The highest BCUT2D eigenvalue weighted by Crippen LogP contribution is 2.22. The van der Waals surface area contributed by atoms with E-state index in [0.717, 1.165) is 4.90 Å². The van der Waals surface area contributed by atoms with Crippen molar-refractivity contribution in [2.45, 2.75) is 9.79 Å². The minimum atomic E-state index is -3.69. The standard InChI is InChI=1S/C15H16N2O4S2/c1-22-13-4-2-3-11(9-13)17-23(19,20)14-7-5-12(6-8-14)21-10-15(16)18/h2-9,17H,10H2,1H3,(H2,16,18). The van der Waals surface area contributed by atoms with E-state index in [4.69, 9.17) is 10.5 Å². The Morgan fingerprint density at radius 1 is 1.22 bits per heavy atom. The lowest BCUT2D eigenvalue weighted by molar-refractivity contribution is -0.119. The van der Waals surface area contributed by atoms with Gasteiger partial charge in [-0.25, -0.2) is 8.42 Å². The highest BCUT2D eigenvalue weighted by atomic mass is 32.2. The molecule has 122 valence electrons. The molecule has 3 N–H and O–H groups in total. The van der Waals surface area contributed by atoms with Gasteiger partial charge in [0, 0.05) is 10.6 Å². The molecule has 0 aliphatic rings. The van der Waals surface area contributed by atoms with Crippen molar-refractivity contribution in [2.75, 3.05) is 17.6 Å². The SMILES string of the molecule is CSc1cccc(NS(=O)(=O)c2ccc(OCC(N)=O)cc2)c1. The van der Waals surface area contributed by atoms with Crippen molar-refractivity contribution in [3.8, 4) is 5.75 Å². The number of nitrogens with two attached hydrogens (primary N) is 1. The van der Waals surface area contributed by atoms with E-state index in [2.05, 4.69) is 4.72 Å². The minimum Gasteiger partial charge on any atom is -0.484 e. The number of ether oxygens (including phenoxy) is 1. The summed E-state index contributed by atoms with van der Waals surface area (Å²) in [6.45, 7) is -0.258. The van der Waals surface area contributed by atoms with Gasteiger partial charge in [0.15, 0.2) is 6.61 Å². The number of carbonyl (C=O) groups excluding carboxylic acids is 1. The Morgan fingerprint density at radius 2 is 1.91 bits per heavy atom. The van der Waals surface area contributed by atoms with Crippen molar-refractivity contribution in [1.29, 1.82) is 0 Å². The molecule has 0 saturated heterocycles. The highest BCUT2D eigenvalue weighted by molar-refractivity contribution is 7.98. The first-order valence-corrected chi connectivity index (χ1v) is 9.29. The molecule has 1 amide bonds. The number of thioether (sulfide) groups is 1. The largest absolute Gasteiger partial charge is 0.484 e. The van der Waals surface area contributed by atoms with E-state index >= 15 is 0 Å². The van der Waals surface area contributed by atoms with Crippen LogP contribution >= 0.6 is 11.8 Å². The summed E-state index contributed by atoms with van der Waals surface area (Å²) in [4.78, 5) is 11.7. The molecule has 0 atom stereocenters. The molecule has 0 bridgehead atoms. The Morgan fingerprint density at radius 3 is 2.52 bits per heavy atom. The molecule has 0 spiro atoms. The number of hydrogen-bond acceptors (Lipinski definition) is 5. The van der Waals surface area contributed by atoms with E-state index in [1.54, 1.807) is 18.2 Å². The second-order valence-electron chi connectivity index (χ2n) is 4.56. The van der Waals surface area contributed by atoms with Crippen molar-refractivity contribution < 1.29 is 17.9 Å². The third-order valence-corrected chi connectivity index (χ3v) is 4.96. The molecule has 0 fully saturated rings. The summed E-state index contributed by atoms with van der Waals surface area (Å²) in [5.74, 6) is -0.232. The van der Waals surface area contributed by atoms with Crippen LogP contribution in [0.1, 0.15) is 0 Å². The van der Waals surface area contributed by atoms with Gasteiger partial charge in [0.25, 0.3) is 15.9 Å². The minimum absolute atomic E-state index is 0.0958. The van der Waals surface area contributed by atoms with Crippen LogP contribution in [0.25, 0.3) is 0 Å². The third kappa shape index (κ3) is 4.90. The van der Waals surface area contributed by atoms with Gasteiger partial charge >= 0.3 is 0 Å². The normalized spacial score (nSPS) is 11.0. The first-order valence-electron chi connectivity index (χ1n) is 6.59. The number of sulfonamides is 1. The number of anilines is 1. The summed E-state index contributed by atoms with van der Waals surface area (Å²) in [5, 5.41) is 0. The van der Waals surface area contributed by atoms with Gasteiger partial charge in [-0.15, -0.1) is 11.8 Å². The van der Waals surface area contributed by atoms with Crippen molar-refractivity contribution in [2.24, 2.45) is 5.73 Å². The van der Waals surface area contributed by atoms with Crippen LogP contribution in [0.2, 0.25) is 0 Å². The molecule has 0 saturated carbocycles. The van der Waals surface area contributed by atoms with E-state index in [1.807, 2.05) is 12.3 Å². The number of rotatable bonds is 7. The van der Waals surface area contributed by atoms with E-state index < -0.39 is 15.9 Å². The number of benzene rings is 2. The van der Waals surface area contributed by atoms with Crippen LogP contribution in [0.3, 0.4) is 0 Å². The number of primary amides is 1. The maximum Gasteiger partial charge on any atom is 0.261 e. The first kappa shape index (κ1) is 17.2. The molecule has 2 aromatic carbocycles. The second kappa shape index (κ2) is 7.38. The molecule has 0 unspecified atom stereocenters. The molecule has 2 rings (SSSR count). The summed E-state index contributed by atoms with van der Waals surface area (Å²) < 4.78 is 32.3. The molecule has 8 heteroatoms. The van der Waals surface area contributed by atoms with Crippen LogP contribution in [0.4, 0.5) is 5.69 Å². The van der Waals surface area contributed by atoms with Crippen LogP contribution in [0.15, 0.2) is 58.3 Å². The van der Waals surface area contributed by atoms with Gasteiger partial charge in [-0.1, -0.05) is 6.07 Å². The van der Waals surface area contributed by atoms with Crippen LogP contribution in [0, 0.1) is 0 Å². The predicted molar refractivity (Wildman–Crippen MR) is 90.2 cm³/mol. The lowest BCUT2D eigenvalue weighted by Crippen LogP contribution is -2.20. The van der Waals surface area contributed by atoms with Gasteiger partial charge in [-0.3, -0.25) is 9.52 Å². The molecule has 0 aliphatic carbocycles. The van der Waals surface area contributed by atoms with Crippen molar-refractivity contribution in [1.82, 2.24) is 0 Å². The van der Waals surface area contributed by atoms with E-state index in [-0.39, 0.29) is 11.5 Å². The number of nitrogens with one attached hydrogen (secondary N) is 1. The fourth-order valence-corrected chi connectivity index (χ4v) is 3.28. The van der Waals surface area contributed by atoms with Crippen LogP contribution < -0.4 is 15.2 Å². The molecule has 0 radical (unpaired) electrons. The molecule has 23 heavy (non-hydrogen) atoms. The van der Waals surface area contributed by atoms with Gasteiger partial charge in [0.2, 0.25) is 0 Å². The zero-order chi connectivity index (χ0) is 16.9. The molecule has 0 heterocycles. The van der Waals surface area contributed by atoms with E-state index in [9.17, 15) is 13.2 Å². The van der Waals surface area contributed by atoms with Crippen molar-refractivity contribution in [3.05, 3.63) is 48.5 Å². The maximum atomic E-state index is 12.3. The zero-order valence-electron chi connectivity index (χ0n) is 12.4. The lowest BCUT2D eigenvalue weighted by Gasteiger charge is -2.10. The van der Waals surface area contributed by atoms with Crippen molar-refractivity contribution in [3.63, 3.8) is 0 Å². The average Bonchev–Trinajstić information content (AvgIpc) is 2.53. The van der Waals surface area contributed by atoms with Gasteiger partial charge in [0.1, 0.15) is 5.75 Å². The molecule has 0 aromatic heterocycles. The zero-order valence-corrected chi connectivity index (χ0v) is 14.0. The number of hydrogen-bond donors (Lipinski definition) is 2. The third-order valence-electron chi connectivity index (χ3n) is 2.84. The maximum absolute atomic E-state index is 12.3. The highest BCUT2D eigenvalue weighted by Gasteiger charge is 2.14. The Labute approximate surface area is 139 Å². The number of carbonyl (C=O) groups is 1. The fourth-order valence-electron chi connectivity index (χ4n) is 1.77. The molecule has 2 aromatic rings. The molecular formula is C15H16N2O4S2. The molecular weight excluding hydrogens is 336 g/mol. The Bertz CT molecular complexity index is 789. The summed E-state index contributed by atoms with van der Waals surface area (Å²) in [6.07, 6.45) is 1.92. The van der Waals surface area contributed by atoms with Gasteiger partial charge < -0.3 is 10.5 Å². The van der Waals surface area contributed by atoms with E-state index in [0.29, 0.717) is 11.4 Å². The molecule has 6 nitrogen and oxygen atoms in total. The van der Waals surface area contributed by atoms with Crippen LogP contribution in [-0.2, 0) is 14.8 Å². The summed E-state index contributed by atoms with van der Waals surface area (Å²) in [6, 6.07) is 12.9. The molecule has 0 aliphatic heterocycles. The average molecular weight is 352 g/mol.